The van der Waals surface area contributed by atoms with Crippen molar-refractivity contribution in [1.29, 1.82) is 0 Å². The van der Waals surface area contributed by atoms with Gasteiger partial charge in [-0.3, -0.25) is 4.79 Å². The lowest BCUT2D eigenvalue weighted by atomic mass is 9.49. The first-order valence-electron chi connectivity index (χ1n) is 11.8. The van der Waals surface area contributed by atoms with Crippen LogP contribution in [0.3, 0.4) is 0 Å². The number of rotatable bonds is 7. The number of hydrogen-bond donors (Lipinski definition) is 2. The topological polar surface area (TPSA) is 93.7 Å². The van der Waals surface area contributed by atoms with Gasteiger partial charge in [0.05, 0.1) is 18.8 Å². The molecule has 4 fully saturated rings. The van der Waals surface area contributed by atoms with Crippen LogP contribution in [0, 0.1) is 30.1 Å². The van der Waals surface area contributed by atoms with Crippen LogP contribution in [0.15, 0.2) is 0 Å². The summed E-state index contributed by atoms with van der Waals surface area (Å²) < 4.78 is 10.3. The van der Waals surface area contributed by atoms with E-state index in [0.717, 1.165) is 48.4 Å². The quantitative estimate of drug-likeness (QED) is 0.416. The molecule has 0 radical (unpaired) electrons. The van der Waals surface area contributed by atoms with Crippen molar-refractivity contribution < 1.29 is 23.9 Å². The molecular weight excluding hydrogens is 460 g/mol. The smallest absolute Gasteiger partial charge is 0.348 e. The highest BCUT2D eigenvalue weighted by atomic mass is 32.1. The lowest BCUT2D eigenvalue weighted by molar-refractivity contribution is -0.127. The zero-order valence-corrected chi connectivity index (χ0v) is 21.1. The van der Waals surface area contributed by atoms with E-state index in [1.54, 1.807) is 20.8 Å². The predicted octanol–water partition coefficient (Wildman–Crippen LogP) is 4.83. The predicted molar refractivity (Wildman–Crippen MR) is 131 cm³/mol. The van der Waals surface area contributed by atoms with Crippen molar-refractivity contribution >= 4 is 51.5 Å². The summed E-state index contributed by atoms with van der Waals surface area (Å²) in [6.45, 7) is 5.55. The molecule has 4 bridgehead atoms. The minimum absolute atomic E-state index is 0.0916. The highest BCUT2D eigenvalue weighted by molar-refractivity contribution is 7.80. The lowest BCUT2D eigenvalue weighted by Gasteiger charge is -2.56. The number of thiophene rings is 1. The highest BCUT2D eigenvalue weighted by Crippen LogP contribution is 2.61. The van der Waals surface area contributed by atoms with Crippen molar-refractivity contribution in [2.45, 2.75) is 65.7 Å². The second-order valence-corrected chi connectivity index (χ2v) is 11.2. The summed E-state index contributed by atoms with van der Waals surface area (Å²) >= 11 is 6.47. The van der Waals surface area contributed by atoms with Crippen LogP contribution < -0.4 is 10.6 Å². The molecule has 33 heavy (non-hydrogen) atoms. The third-order valence-electron chi connectivity index (χ3n) is 7.27. The van der Waals surface area contributed by atoms with Gasteiger partial charge in [0.1, 0.15) is 9.88 Å². The third-order valence-corrected chi connectivity index (χ3v) is 8.66. The summed E-state index contributed by atoms with van der Waals surface area (Å²) in [5.74, 6) is 1.18. The maximum atomic E-state index is 12.9. The van der Waals surface area contributed by atoms with Gasteiger partial charge in [0, 0.05) is 6.42 Å². The Morgan fingerprint density at radius 3 is 2.09 bits per heavy atom. The van der Waals surface area contributed by atoms with Crippen molar-refractivity contribution in [3.05, 3.63) is 16.0 Å². The number of nitrogens with one attached hydrogen (secondary N) is 2. The van der Waals surface area contributed by atoms with Gasteiger partial charge in [0.2, 0.25) is 5.91 Å². The molecule has 0 saturated heterocycles. The minimum atomic E-state index is -0.549. The highest BCUT2D eigenvalue weighted by Gasteiger charge is 2.51. The average molecular weight is 493 g/mol. The van der Waals surface area contributed by atoms with E-state index >= 15 is 0 Å². The Bertz CT molecular complexity index is 935. The molecule has 1 aromatic heterocycles. The monoisotopic (exact) mass is 492 g/mol. The van der Waals surface area contributed by atoms with E-state index in [2.05, 4.69) is 10.6 Å². The maximum Gasteiger partial charge on any atom is 0.348 e. The van der Waals surface area contributed by atoms with Gasteiger partial charge in [-0.1, -0.05) is 0 Å². The molecule has 0 aromatic carbocycles. The molecule has 9 heteroatoms. The summed E-state index contributed by atoms with van der Waals surface area (Å²) in [5.41, 5.74) is 0.825. The zero-order chi connectivity index (χ0) is 23.8. The van der Waals surface area contributed by atoms with E-state index in [4.69, 9.17) is 21.7 Å². The number of hydrogen-bond acceptors (Lipinski definition) is 7. The summed E-state index contributed by atoms with van der Waals surface area (Å²) in [7, 11) is 0. The molecule has 180 valence electrons. The summed E-state index contributed by atoms with van der Waals surface area (Å²) in [4.78, 5) is 38.1. The molecule has 0 atom stereocenters. The van der Waals surface area contributed by atoms with Crippen LogP contribution in [-0.4, -0.2) is 36.2 Å². The molecule has 4 aliphatic rings. The van der Waals surface area contributed by atoms with E-state index < -0.39 is 11.9 Å². The second-order valence-electron chi connectivity index (χ2n) is 9.80. The Balaban J connectivity index is 1.44. The number of amides is 1. The van der Waals surface area contributed by atoms with Gasteiger partial charge < -0.3 is 20.1 Å². The van der Waals surface area contributed by atoms with E-state index in [0.29, 0.717) is 21.9 Å². The number of carbonyl (C=O) groups excluding carboxylic acids is 3. The van der Waals surface area contributed by atoms with Crippen LogP contribution in [0.5, 0.6) is 0 Å². The Hall–Kier alpha value is -2.00. The van der Waals surface area contributed by atoms with Crippen LogP contribution >= 0.6 is 23.6 Å². The number of carbonyl (C=O) groups is 3. The van der Waals surface area contributed by atoms with E-state index in [1.807, 2.05) is 0 Å². The van der Waals surface area contributed by atoms with Crippen LogP contribution in [0.2, 0.25) is 0 Å². The van der Waals surface area contributed by atoms with Gasteiger partial charge >= 0.3 is 11.9 Å². The molecule has 2 N–H and O–H groups in total. The molecule has 4 aliphatic carbocycles. The molecule has 1 amide bonds. The van der Waals surface area contributed by atoms with Crippen LogP contribution in [0.25, 0.3) is 0 Å². The number of thiocarbonyl (C=S) groups is 1. The lowest BCUT2D eigenvalue weighted by Crippen LogP contribution is -2.48. The van der Waals surface area contributed by atoms with Gasteiger partial charge in [-0.05, 0) is 100 Å². The fourth-order valence-electron chi connectivity index (χ4n) is 6.59. The van der Waals surface area contributed by atoms with Crippen LogP contribution in [-0.2, 0) is 14.3 Å². The second kappa shape index (κ2) is 9.70. The summed E-state index contributed by atoms with van der Waals surface area (Å²) in [5, 5.41) is 6.25. The Kier molecular flexibility index (Phi) is 7.09. The van der Waals surface area contributed by atoms with Crippen molar-refractivity contribution in [2.24, 2.45) is 23.2 Å². The molecular formula is C24H32N2O5S2. The minimum Gasteiger partial charge on any atom is -0.462 e. The maximum absolute atomic E-state index is 12.9. The van der Waals surface area contributed by atoms with Crippen LogP contribution in [0.1, 0.15) is 84.4 Å². The summed E-state index contributed by atoms with van der Waals surface area (Å²) in [6.07, 6.45) is 7.92. The third kappa shape index (κ3) is 5.09. The number of esters is 2. The molecule has 0 unspecified atom stereocenters. The van der Waals surface area contributed by atoms with Gasteiger partial charge in [-0.15, -0.1) is 11.3 Å². The van der Waals surface area contributed by atoms with Gasteiger partial charge in [-0.25, -0.2) is 9.59 Å². The number of ether oxygens (including phenoxy) is 2. The Morgan fingerprint density at radius 2 is 1.55 bits per heavy atom. The van der Waals surface area contributed by atoms with Crippen molar-refractivity contribution in [2.75, 3.05) is 18.5 Å². The standard InChI is InChI=1S/C24H32N2O5S2/c1-4-30-21(28)18-13(3)19(22(29)31-5-2)33-20(18)26-23(32)25-17(27)12-24-9-14-6-15(10-24)8-16(7-14)11-24/h14-16H,4-12H2,1-3H3,(H2,25,26,27,32). The Morgan fingerprint density at radius 1 is 1.00 bits per heavy atom. The first kappa shape index (κ1) is 24.1. The fourth-order valence-corrected chi connectivity index (χ4v) is 7.97. The molecule has 4 saturated carbocycles. The van der Waals surface area contributed by atoms with Gasteiger partial charge in [-0.2, -0.15) is 0 Å². The van der Waals surface area contributed by atoms with Crippen molar-refractivity contribution in [3.63, 3.8) is 0 Å². The largest absolute Gasteiger partial charge is 0.462 e. The Labute approximate surface area is 204 Å². The molecule has 5 rings (SSSR count). The van der Waals surface area contributed by atoms with E-state index in [1.165, 1.54) is 19.3 Å². The summed E-state index contributed by atoms with van der Waals surface area (Å²) in [6, 6.07) is 0. The van der Waals surface area contributed by atoms with Crippen molar-refractivity contribution in [3.8, 4) is 0 Å². The first-order valence-corrected chi connectivity index (χ1v) is 13.0. The molecule has 1 aromatic rings. The van der Waals surface area contributed by atoms with E-state index in [-0.39, 0.29) is 35.2 Å². The fraction of sp³-hybridized carbons (Fsp3) is 0.667. The SMILES string of the molecule is CCOC(=O)c1sc(NC(=S)NC(=O)CC23CC4CC(CC(C4)C2)C3)c(C(=O)OCC)c1C. The van der Waals surface area contributed by atoms with Crippen LogP contribution in [0.4, 0.5) is 5.00 Å². The van der Waals surface area contributed by atoms with Gasteiger partial charge in [0.25, 0.3) is 0 Å². The molecule has 0 aliphatic heterocycles. The molecule has 0 spiro atoms. The van der Waals surface area contributed by atoms with Gasteiger partial charge in [0.15, 0.2) is 5.11 Å². The number of anilines is 1. The first-order chi connectivity index (χ1) is 15.7. The molecule has 7 nitrogen and oxygen atoms in total. The normalized spacial score (nSPS) is 27.2. The average Bonchev–Trinajstić information content (AvgIpc) is 3.02. The van der Waals surface area contributed by atoms with E-state index in [9.17, 15) is 14.4 Å². The molecule has 1 heterocycles. The van der Waals surface area contributed by atoms with Crippen molar-refractivity contribution in [1.82, 2.24) is 5.32 Å². The zero-order valence-electron chi connectivity index (χ0n) is 19.5.